The fourth-order valence-electron chi connectivity index (χ4n) is 2.96. The third kappa shape index (κ3) is 3.50. The predicted octanol–water partition coefficient (Wildman–Crippen LogP) is 4.14. The molecule has 1 N–H and O–H groups in total. The molecule has 0 bridgehead atoms. The van der Waals surface area contributed by atoms with Gasteiger partial charge in [-0.15, -0.1) is 0 Å². The lowest BCUT2D eigenvalue weighted by atomic mass is 9.88. The molecule has 0 saturated carbocycles. The van der Waals surface area contributed by atoms with E-state index in [1.54, 1.807) is 0 Å². The van der Waals surface area contributed by atoms with Crippen molar-refractivity contribution in [3.05, 3.63) is 69.7 Å². The number of halogens is 1. The standard InChI is InChI=1S/C18H20BrN/c19-17-8-6-16-13-18(9-7-15(16)12-17)20-11-10-14-4-2-1-3-5-14/h1-6,8,12,18,20H,7,9-11,13H2. The maximum absolute atomic E-state index is 3.71. The summed E-state index contributed by atoms with van der Waals surface area (Å²) in [6, 6.07) is 18.0. The predicted molar refractivity (Wildman–Crippen MR) is 88.1 cm³/mol. The Hall–Kier alpha value is -1.12. The molecule has 0 spiro atoms. The van der Waals surface area contributed by atoms with E-state index in [2.05, 4.69) is 69.8 Å². The highest BCUT2D eigenvalue weighted by atomic mass is 79.9. The number of nitrogens with one attached hydrogen (secondary N) is 1. The van der Waals surface area contributed by atoms with E-state index in [9.17, 15) is 0 Å². The molecule has 104 valence electrons. The van der Waals surface area contributed by atoms with Gasteiger partial charge in [0.05, 0.1) is 0 Å². The first-order valence-corrected chi connectivity index (χ1v) is 8.15. The molecule has 0 heterocycles. The van der Waals surface area contributed by atoms with Crippen LogP contribution in [0.25, 0.3) is 0 Å². The molecule has 1 unspecified atom stereocenters. The van der Waals surface area contributed by atoms with Crippen LogP contribution in [0.5, 0.6) is 0 Å². The number of aryl methyl sites for hydroxylation is 1. The van der Waals surface area contributed by atoms with Gasteiger partial charge in [-0.3, -0.25) is 0 Å². The third-order valence-electron chi connectivity index (χ3n) is 4.09. The van der Waals surface area contributed by atoms with Crippen molar-refractivity contribution in [1.29, 1.82) is 0 Å². The molecule has 1 atom stereocenters. The van der Waals surface area contributed by atoms with E-state index in [4.69, 9.17) is 0 Å². The molecule has 0 radical (unpaired) electrons. The Labute approximate surface area is 129 Å². The molecule has 1 aliphatic rings. The van der Waals surface area contributed by atoms with E-state index in [1.807, 2.05) is 0 Å². The summed E-state index contributed by atoms with van der Waals surface area (Å²) in [6.45, 7) is 1.07. The number of hydrogen-bond acceptors (Lipinski definition) is 1. The summed E-state index contributed by atoms with van der Waals surface area (Å²) in [4.78, 5) is 0. The highest BCUT2D eigenvalue weighted by molar-refractivity contribution is 9.10. The van der Waals surface area contributed by atoms with Crippen LogP contribution >= 0.6 is 15.9 Å². The van der Waals surface area contributed by atoms with E-state index in [-0.39, 0.29) is 0 Å². The molecular weight excluding hydrogens is 310 g/mol. The van der Waals surface area contributed by atoms with Gasteiger partial charge in [0.15, 0.2) is 0 Å². The third-order valence-corrected chi connectivity index (χ3v) is 4.58. The van der Waals surface area contributed by atoms with Crippen molar-refractivity contribution in [3.63, 3.8) is 0 Å². The summed E-state index contributed by atoms with van der Waals surface area (Å²) in [7, 11) is 0. The molecule has 2 heteroatoms. The zero-order valence-electron chi connectivity index (χ0n) is 11.6. The lowest BCUT2D eigenvalue weighted by Crippen LogP contribution is -2.35. The van der Waals surface area contributed by atoms with Crippen molar-refractivity contribution in [3.8, 4) is 0 Å². The monoisotopic (exact) mass is 329 g/mol. The molecule has 20 heavy (non-hydrogen) atoms. The Bertz CT molecular complexity index is 565. The van der Waals surface area contributed by atoms with Gasteiger partial charge in [-0.05, 0) is 61.1 Å². The average molecular weight is 330 g/mol. The van der Waals surface area contributed by atoms with Crippen LogP contribution in [0.3, 0.4) is 0 Å². The van der Waals surface area contributed by atoms with Crippen LogP contribution in [0, 0.1) is 0 Å². The van der Waals surface area contributed by atoms with Gasteiger partial charge in [0.1, 0.15) is 0 Å². The van der Waals surface area contributed by atoms with Crippen LogP contribution in [0.15, 0.2) is 53.0 Å². The first-order valence-electron chi connectivity index (χ1n) is 7.36. The first-order chi connectivity index (χ1) is 9.81. The van der Waals surface area contributed by atoms with E-state index in [1.165, 1.54) is 34.0 Å². The topological polar surface area (TPSA) is 12.0 Å². The molecule has 1 nitrogen and oxygen atoms in total. The minimum Gasteiger partial charge on any atom is -0.313 e. The summed E-state index contributed by atoms with van der Waals surface area (Å²) in [5, 5.41) is 3.71. The summed E-state index contributed by atoms with van der Waals surface area (Å²) >= 11 is 3.56. The zero-order chi connectivity index (χ0) is 13.8. The molecule has 1 aliphatic carbocycles. The smallest absolute Gasteiger partial charge is 0.0178 e. The van der Waals surface area contributed by atoms with Gasteiger partial charge in [0, 0.05) is 10.5 Å². The van der Waals surface area contributed by atoms with Gasteiger partial charge < -0.3 is 5.32 Å². The summed E-state index contributed by atoms with van der Waals surface area (Å²) in [5.74, 6) is 0. The average Bonchev–Trinajstić information content (AvgIpc) is 2.48. The van der Waals surface area contributed by atoms with E-state index >= 15 is 0 Å². The Balaban J connectivity index is 1.52. The molecule has 0 amide bonds. The van der Waals surface area contributed by atoms with Crippen molar-refractivity contribution in [1.82, 2.24) is 5.32 Å². The van der Waals surface area contributed by atoms with Gasteiger partial charge >= 0.3 is 0 Å². The van der Waals surface area contributed by atoms with Gasteiger partial charge in [-0.2, -0.15) is 0 Å². The highest BCUT2D eigenvalue weighted by Gasteiger charge is 2.17. The van der Waals surface area contributed by atoms with E-state index in [0.29, 0.717) is 6.04 Å². The maximum Gasteiger partial charge on any atom is 0.0178 e. The molecule has 0 fully saturated rings. The van der Waals surface area contributed by atoms with Crippen molar-refractivity contribution in [2.24, 2.45) is 0 Å². The van der Waals surface area contributed by atoms with Crippen molar-refractivity contribution < 1.29 is 0 Å². The fraction of sp³-hybridized carbons (Fsp3) is 0.333. The first kappa shape index (κ1) is 13.8. The van der Waals surface area contributed by atoms with Gasteiger partial charge in [0.2, 0.25) is 0 Å². The van der Waals surface area contributed by atoms with Crippen LogP contribution in [-0.2, 0) is 19.3 Å². The minimum absolute atomic E-state index is 0.632. The van der Waals surface area contributed by atoms with Crippen LogP contribution in [0.1, 0.15) is 23.1 Å². The molecule has 2 aromatic rings. The largest absolute Gasteiger partial charge is 0.313 e. The highest BCUT2D eigenvalue weighted by Crippen LogP contribution is 2.24. The van der Waals surface area contributed by atoms with E-state index in [0.717, 1.165) is 19.4 Å². The summed E-state index contributed by atoms with van der Waals surface area (Å²) in [6.07, 6.45) is 4.72. The van der Waals surface area contributed by atoms with Crippen molar-refractivity contribution in [2.45, 2.75) is 31.7 Å². The van der Waals surface area contributed by atoms with Crippen molar-refractivity contribution >= 4 is 15.9 Å². The number of rotatable bonds is 4. The minimum atomic E-state index is 0.632. The molecule has 0 aliphatic heterocycles. The molecule has 2 aromatic carbocycles. The SMILES string of the molecule is Brc1ccc2c(c1)CCC(NCCc1ccccc1)C2. The molecule has 0 saturated heterocycles. The fourth-order valence-corrected chi connectivity index (χ4v) is 3.37. The molecule has 3 rings (SSSR count). The van der Waals surface area contributed by atoms with E-state index < -0.39 is 0 Å². The van der Waals surface area contributed by atoms with Gasteiger partial charge in [-0.1, -0.05) is 52.3 Å². The van der Waals surface area contributed by atoms with Crippen molar-refractivity contribution in [2.75, 3.05) is 6.54 Å². The molecular formula is C18H20BrN. The Kier molecular flexibility index (Phi) is 4.54. The Morgan fingerprint density at radius 1 is 1.05 bits per heavy atom. The Morgan fingerprint density at radius 3 is 2.75 bits per heavy atom. The summed E-state index contributed by atoms with van der Waals surface area (Å²) in [5.41, 5.74) is 4.44. The Morgan fingerprint density at radius 2 is 1.90 bits per heavy atom. The second kappa shape index (κ2) is 6.55. The molecule has 0 aromatic heterocycles. The number of hydrogen-bond donors (Lipinski definition) is 1. The van der Waals surface area contributed by atoms with Crippen LogP contribution in [-0.4, -0.2) is 12.6 Å². The zero-order valence-corrected chi connectivity index (χ0v) is 13.2. The van der Waals surface area contributed by atoms with Gasteiger partial charge in [-0.25, -0.2) is 0 Å². The lowest BCUT2D eigenvalue weighted by molar-refractivity contribution is 0.461. The van der Waals surface area contributed by atoms with Crippen LogP contribution < -0.4 is 5.32 Å². The quantitative estimate of drug-likeness (QED) is 0.888. The second-order valence-electron chi connectivity index (χ2n) is 5.54. The number of benzene rings is 2. The lowest BCUT2D eigenvalue weighted by Gasteiger charge is -2.26. The normalized spacial score (nSPS) is 17.8. The van der Waals surface area contributed by atoms with Gasteiger partial charge in [0.25, 0.3) is 0 Å². The summed E-state index contributed by atoms with van der Waals surface area (Å²) < 4.78 is 1.20. The number of fused-ring (bicyclic) bond motifs is 1. The van der Waals surface area contributed by atoms with Crippen LogP contribution in [0.2, 0.25) is 0 Å². The maximum atomic E-state index is 3.71. The van der Waals surface area contributed by atoms with Crippen LogP contribution in [0.4, 0.5) is 0 Å². The second-order valence-corrected chi connectivity index (χ2v) is 6.46.